The van der Waals surface area contributed by atoms with Crippen LogP contribution in [0.25, 0.3) is 10.9 Å². The highest BCUT2D eigenvalue weighted by Crippen LogP contribution is 2.13. The van der Waals surface area contributed by atoms with Crippen molar-refractivity contribution in [2.75, 3.05) is 0 Å². The Labute approximate surface area is 110 Å². The maximum absolute atomic E-state index is 4.67. The van der Waals surface area contributed by atoms with Crippen LogP contribution in [0.2, 0.25) is 0 Å². The third-order valence-electron chi connectivity index (χ3n) is 2.94. The van der Waals surface area contributed by atoms with E-state index in [0.717, 1.165) is 11.9 Å². The lowest BCUT2D eigenvalue weighted by atomic mass is 10.1. The van der Waals surface area contributed by atoms with E-state index in [2.05, 4.69) is 48.3 Å². The van der Waals surface area contributed by atoms with Crippen LogP contribution in [-0.2, 0) is 6.42 Å². The summed E-state index contributed by atoms with van der Waals surface area (Å²) in [5.41, 5.74) is 2.35. The first-order chi connectivity index (χ1) is 7.90. The van der Waals surface area contributed by atoms with E-state index < -0.39 is 0 Å². The van der Waals surface area contributed by atoms with E-state index in [1.54, 1.807) is 0 Å². The molecular formula is C15H20ClN. The number of pyridine rings is 1. The van der Waals surface area contributed by atoms with Gasteiger partial charge in [-0.2, -0.15) is 0 Å². The van der Waals surface area contributed by atoms with Gasteiger partial charge in [-0.15, -0.1) is 12.4 Å². The lowest BCUT2D eigenvalue weighted by Gasteiger charge is -2.02. The summed E-state index contributed by atoms with van der Waals surface area (Å²) >= 11 is 0. The molecule has 1 heterocycles. The lowest BCUT2D eigenvalue weighted by Crippen LogP contribution is -1.90. The molecule has 1 nitrogen and oxygen atoms in total. The zero-order chi connectivity index (χ0) is 11.2. The molecule has 92 valence electrons. The van der Waals surface area contributed by atoms with Crippen LogP contribution in [-0.4, -0.2) is 4.98 Å². The number of aromatic nitrogens is 1. The molecule has 2 heteroatoms. The van der Waals surface area contributed by atoms with Gasteiger partial charge >= 0.3 is 0 Å². The van der Waals surface area contributed by atoms with Gasteiger partial charge in [-0.05, 0) is 25.0 Å². The fraction of sp³-hybridized carbons (Fsp3) is 0.400. The third-order valence-corrected chi connectivity index (χ3v) is 2.94. The molecule has 1 aromatic heterocycles. The number of rotatable bonds is 5. The molecule has 2 aromatic rings. The van der Waals surface area contributed by atoms with Crippen LogP contribution < -0.4 is 0 Å². The summed E-state index contributed by atoms with van der Waals surface area (Å²) < 4.78 is 0. The molecule has 0 unspecified atom stereocenters. The first kappa shape index (κ1) is 14.0. The van der Waals surface area contributed by atoms with Gasteiger partial charge in [-0.1, -0.05) is 50.5 Å². The molecule has 17 heavy (non-hydrogen) atoms. The maximum Gasteiger partial charge on any atom is 0.0705 e. The molecule has 0 saturated heterocycles. The minimum absolute atomic E-state index is 0. The van der Waals surface area contributed by atoms with E-state index in [9.17, 15) is 0 Å². The summed E-state index contributed by atoms with van der Waals surface area (Å²) in [6.07, 6.45) is 6.34. The van der Waals surface area contributed by atoms with Gasteiger partial charge in [0.25, 0.3) is 0 Å². The average molecular weight is 250 g/mol. The standard InChI is InChI=1S/C15H19N.ClH/c1-2-3-4-5-9-14-12-11-13-8-6-7-10-15(13)16-14;/h6-8,10-12H,2-5,9H2,1H3;1H. The van der Waals surface area contributed by atoms with E-state index in [1.807, 2.05) is 0 Å². The van der Waals surface area contributed by atoms with Crippen LogP contribution in [0.3, 0.4) is 0 Å². The highest BCUT2D eigenvalue weighted by molar-refractivity contribution is 5.85. The number of para-hydroxylation sites is 1. The van der Waals surface area contributed by atoms with Gasteiger partial charge in [-0.3, -0.25) is 4.98 Å². The molecule has 1 aromatic carbocycles. The molecule has 0 radical (unpaired) electrons. The van der Waals surface area contributed by atoms with Gasteiger partial charge in [0, 0.05) is 11.1 Å². The highest BCUT2D eigenvalue weighted by Gasteiger charge is 1.97. The predicted octanol–water partition coefficient (Wildman–Crippen LogP) is 4.78. The second-order valence-corrected chi connectivity index (χ2v) is 4.31. The third kappa shape index (κ3) is 4.01. The lowest BCUT2D eigenvalue weighted by molar-refractivity contribution is 0.661. The molecular weight excluding hydrogens is 230 g/mol. The van der Waals surface area contributed by atoms with E-state index in [1.165, 1.54) is 36.8 Å². The van der Waals surface area contributed by atoms with Gasteiger partial charge in [0.05, 0.1) is 5.52 Å². The molecule has 0 spiro atoms. The molecule has 0 atom stereocenters. The summed E-state index contributed by atoms with van der Waals surface area (Å²) in [4.78, 5) is 4.67. The van der Waals surface area contributed by atoms with Gasteiger partial charge in [-0.25, -0.2) is 0 Å². The SMILES string of the molecule is CCCCCCc1ccc2ccccc2n1.Cl. The number of unbranched alkanes of at least 4 members (excludes halogenated alkanes) is 3. The van der Waals surface area contributed by atoms with Gasteiger partial charge in [0.2, 0.25) is 0 Å². The Kier molecular flexibility index (Phi) is 5.99. The number of halogens is 1. The first-order valence-electron chi connectivity index (χ1n) is 6.25. The molecule has 0 aliphatic carbocycles. The van der Waals surface area contributed by atoms with E-state index >= 15 is 0 Å². The van der Waals surface area contributed by atoms with Gasteiger partial charge < -0.3 is 0 Å². The van der Waals surface area contributed by atoms with Crippen molar-refractivity contribution in [3.63, 3.8) is 0 Å². The van der Waals surface area contributed by atoms with Crippen LogP contribution in [0.15, 0.2) is 36.4 Å². The fourth-order valence-corrected chi connectivity index (χ4v) is 1.98. The van der Waals surface area contributed by atoms with Crippen molar-refractivity contribution < 1.29 is 0 Å². The van der Waals surface area contributed by atoms with E-state index in [-0.39, 0.29) is 12.4 Å². The predicted molar refractivity (Wildman–Crippen MR) is 76.8 cm³/mol. The van der Waals surface area contributed by atoms with Crippen LogP contribution in [0.4, 0.5) is 0 Å². The molecule has 0 bridgehead atoms. The number of benzene rings is 1. The molecule has 0 aliphatic heterocycles. The Bertz CT molecular complexity index is 453. The second kappa shape index (κ2) is 7.29. The van der Waals surface area contributed by atoms with Crippen molar-refractivity contribution in [2.45, 2.75) is 39.0 Å². The van der Waals surface area contributed by atoms with Gasteiger partial charge in [0.1, 0.15) is 0 Å². The van der Waals surface area contributed by atoms with Crippen molar-refractivity contribution in [1.29, 1.82) is 0 Å². The largest absolute Gasteiger partial charge is 0.253 e. The molecule has 0 amide bonds. The van der Waals surface area contributed by atoms with Crippen LogP contribution >= 0.6 is 12.4 Å². The zero-order valence-corrected chi connectivity index (χ0v) is 11.2. The number of hydrogen-bond acceptors (Lipinski definition) is 1. The topological polar surface area (TPSA) is 12.9 Å². The Morgan fingerprint density at radius 3 is 2.59 bits per heavy atom. The fourth-order valence-electron chi connectivity index (χ4n) is 1.98. The Hall–Kier alpha value is -1.08. The average Bonchev–Trinajstić information content (AvgIpc) is 2.34. The monoisotopic (exact) mass is 249 g/mol. The van der Waals surface area contributed by atoms with Crippen molar-refractivity contribution in [2.24, 2.45) is 0 Å². The quantitative estimate of drug-likeness (QED) is 0.695. The summed E-state index contributed by atoms with van der Waals surface area (Å²) in [6, 6.07) is 12.7. The minimum atomic E-state index is 0. The number of nitrogens with zero attached hydrogens (tertiary/aromatic N) is 1. The second-order valence-electron chi connectivity index (χ2n) is 4.31. The van der Waals surface area contributed by atoms with E-state index in [4.69, 9.17) is 0 Å². The maximum atomic E-state index is 4.67. The van der Waals surface area contributed by atoms with Crippen LogP contribution in [0.1, 0.15) is 38.3 Å². The van der Waals surface area contributed by atoms with Crippen LogP contribution in [0.5, 0.6) is 0 Å². The Balaban J connectivity index is 0.00000144. The van der Waals surface area contributed by atoms with Crippen molar-refractivity contribution in [1.82, 2.24) is 4.98 Å². The van der Waals surface area contributed by atoms with E-state index in [0.29, 0.717) is 0 Å². The highest BCUT2D eigenvalue weighted by atomic mass is 35.5. The summed E-state index contributed by atoms with van der Waals surface area (Å²) in [6.45, 7) is 2.24. The molecule has 0 aliphatic rings. The Morgan fingerprint density at radius 2 is 1.76 bits per heavy atom. The smallest absolute Gasteiger partial charge is 0.0705 e. The van der Waals surface area contributed by atoms with Gasteiger partial charge in [0.15, 0.2) is 0 Å². The zero-order valence-electron chi connectivity index (χ0n) is 10.4. The van der Waals surface area contributed by atoms with Crippen molar-refractivity contribution in [3.8, 4) is 0 Å². The normalized spacial score (nSPS) is 10.2. The molecule has 0 saturated carbocycles. The summed E-state index contributed by atoms with van der Waals surface area (Å²) in [5.74, 6) is 0. The van der Waals surface area contributed by atoms with Crippen molar-refractivity contribution in [3.05, 3.63) is 42.1 Å². The minimum Gasteiger partial charge on any atom is -0.253 e. The molecule has 0 fully saturated rings. The van der Waals surface area contributed by atoms with Crippen LogP contribution in [0, 0.1) is 0 Å². The first-order valence-corrected chi connectivity index (χ1v) is 6.25. The summed E-state index contributed by atoms with van der Waals surface area (Å²) in [7, 11) is 0. The molecule has 2 rings (SSSR count). The molecule has 0 N–H and O–H groups in total. The van der Waals surface area contributed by atoms with Crippen molar-refractivity contribution >= 4 is 23.3 Å². The Morgan fingerprint density at radius 1 is 0.941 bits per heavy atom. The summed E-state index contributed by atoms with van der Waals surface area (Å²) in [5, 5.41) is 1.24. The number of hydrogen-bond donors (Lipinski definition) is 0. The number of fused-ring (bicyclic) bond motifs is 1. The number of aryl methyl sites for hydroxylation is 1.